The third kappa shape index (κ3) is 1.81. The van der Waals surface area contributed by atoms with E-state index in [0.717, 1.165) is 27.7 Å². The molecule has 0 atom stereocenters. The molecule has 1 aliphatic heterocycles. The summed E-state index contributed by atoms with van der Waals surface area (Å²) in [6.07, 6.45) is 3.97. The molecule has 2 aromatic carbocycles. The number of nitrogens with one attached hydrogen (secondary N) is 1. The van der Waals surface area contributed by atoms with Crippen molar-refractivity contribution in [2.45, 2.75) is 0 Å². The summed E-state index contributed by atoms with van der Waals surface area (Å²) in [5.74, 6) is -0.0893. The Kier molecular flexibility index (Phi) is 2.60. The van der Waals surface area contributed by atoms with E-state index in [-0.39, 0.29) is 5.91 Å². The molecule has 0 radical (unpaired) electrons. The molecule has 1 aliphatic rings. The molecule has 0 saturated carbocycles. The number of anilines is 2. The minimum Gasteiger partial charge on any atom is -0.399 e. The Balaban J connectivity index is 1.93. The highest BCUT2D eigenvalue weighted by atomic mass is 16.2. The monoisotopic (exact) mass is 289 g/mol. The SMILES string of the molecule is Cn1cc(C=C2C(=O)Nc3ccc(N)cc32)c2ccccc21. The van der Waals surface area contributed by atoms with Gasteiger partial charge in [-0.15, -0.1) is 0 Å². The molecule has 108 valence electrons. The number of hydrogen-bond donors (Lipinski definition) is 2. The molecule has 0 spiro atoms. The summed E-state index contributed by atoms with van der Waals surface area (Å²) < 4.78 is 2.06. The first-order chi connectivity index (χ1) is 10.6. The second-order valence-electron chi connectivity index (χ2n) is 5.53. The number of para-hydroxylation sites is 1. The maximum atomic E-state index is 12.3. The molecule has 0 bridgehead atoms. The van der Waals surface area contributed by atoms with Gasteiger partial charge in [0, 0.05) is 52.2 Å². The fourth-order valence-electron chi connectivity index (χ4n) is 2.99. The van der Waals surface area contributed by atoms with E-state index in [4.69, 9.17) is 5.73 Å². The molecule has 4 nitrogen and oxygen atoms in total. The Morgan fingerprint density at radius 3 is 2.86 bits per heavy atom. The van der Waals surface area contributed by atoms with Gasteiger partial charge in [-0.25, -0.2) is 0 Å². The van der Waals surface area contributed by atoms with E-state index >= 15 is 0 Å². The highest BCUT2D eigenvalue weighted by Crippen LogP contribution is 2.35. The topological polar surface area (TPSA) is 60.0 Å². The van der Waals surface area contributed by atoms with Crippen molar-refractivity contribution in [1.29, 1.82) is 0 Å². The van der Waals surface area contributed by atoms with Crippen LogP contribution in [-0.2, 0) is 11.8 Å². The maximum absolute atomic E-state index is 12.3. The molecular formula is C18H15N3O. The summed E-state index contributed by atoms with van der Waals surface area (Å²) in [6.45, 7) is 0. The van der Waals surface area contributed by atoms with E-state index in [1.807, 2.05) is 43.6 Å². The normalized spacial score (nSPS) is 15.3. The van der Waals surface area contributed by atoms with Crippen molar-refractivity contribution in [3.63, 3.8) is 0 Å². The fourth-order valence-corrected chi connectivity index (χ4v) is 2.99. The molecule has 2 heterocycles. The number of hydrogen-bond acceptors (Lipinski definition) is 2. The number of amides is 1. The van der Waals surface area contributed by atoms with Gasteiger partial charge in [-0.1, -0.05) is 18.2 Å². The van der Waals surface area contributed by atoms with E-state index in [2.05, 4.69) is 22.0 Å². The summed E-state index contributed by atoms with van der Waals surface area (Å²) >= 11 is 0. The molecule has 1 aromatic heterocycles. The maximum Gasteiger partial charge on any atom is 0.256 e. The second-order valence-corrected chi connectivity index (χ2v) is 5.53. The van der Waals surface area contributed by atoms with Crippen LogP contribution in [0.2, 0.25) is 0 Å². The Labute approximate surface area is 127 Å². The zero-order valence-electron chi connectivity index (χ0n) is 12.1. The van der Waals surface area contributed by atoms with Gasteiger partial charge in [0.25, 0.3) is 5.91 Å². The molecule has 0 unspecified atom stereocenters. The summed E-state index contributed by atoms with van der Waals surface area (Å²) in [4.78, 5) is 12.3. The lowest BCUT2D eigenvalue weighted by Gasteiger charge is -2.00. The minimum absolute atomic E-state index is 0.0893. The number of aromatic nitrogens is 1. The molecule has 0 fully saturated rings. The first kappa shape index (κ1) is 12.7. The van der Waals surface area contributed by atoms with Crippen LogP contribution in [0.25, 0.3) is 22.6 Å². The highest BCUT2D eigenvalue weighted by Gasteiger charge is 2.24. The van der Waals surface area contributed by atoms with Gasteiger partial charge in [0.1, 0.15) is 0 Å². The van der Waals surface area contributed by atoms with Crippen molar-refractivity contribution in [2.24, 2.45) is 7.05 Å². The van der Waals surface area contributed by atoms with Crippen LogP contribution in [0.1, 0.15) is 11.1 Å². The molecule has 4 heteroatoms. The van der Waals surface area contributed by atoms with E-state index < -0.39 is 0 Å². The predicted octanol–water partition coefficient (Wildman–Crippen LogP) is 3.25. The quantitative estimate of drug-likeness (QED) is 0.533. The van der Waals surface area contributed by atoms with Gasteiger partial charge in [-0.3, -0.25) is 4.79 Å². The number of nitrogens with two attached hydrogens (primary N) is 1. The van der Waals surface area contributed by atoms with Crippen LogP contribution in [0.4, 0.5) is 11.4 Å². The number of fused-ring (bicyclic) bond motifs is 2. The second kappa shape index (κ2) is 4.49. The van der Waals surface area contributed by atoms with Crippen molar-refractivity contribution >= 4 is 39.8 Å². The predicted molar refractivity (Wildman–Crippen MR) is 90.3 cm³/mol. The van der Waals surface area contributed by atoms with Gasteiger partial charge in [0.15, 0.2) is 0 Å². The zero-order valence-corrected chi connectivity index (χ0v) is 12.1. The van der Waals surface area contributed by atoms with Crippen LogP contribution in [0.5, 0.6) is 0 Å². The summed E-state index contributed by atoms with van der Waals surface area (Å²) in [6, 6.07) is 13.6. The van der Waals surface area contributed by atoms with E-state index in [1.165, 1.54) is 0 Å². The smallest absolute Gasteiger partial charge is 0.256 e. The molecule has 0 saturated heterocycles. The van der Waals surface area contributed by atoms with Crippen LogP contribution >= 0.6 is 0 Å². The Morgan fingerprint density at radius 2 is 2.00 bits per heavy atom. The van der Waals surface area contributed by atoms with Gasteiger partial charge in [-0.05, 0) is 30.3 Å². The van der Waals surface area contributed by atoms with E-state index in [9.17, 15) is 4.79 Å². The number of nitrogens with zero attached hydrogens (tertiary/aromatic N) is 1. The summed E-state index contributed by atoms with van der Waals surface area (Å²) in [7, 11) is 2.00. The lowest BCUT2D eigenvalue weighted by Crippen LogP contribution is -2.03. The fraction of sp³-hybridized carbons (Fsp3) is 0.0556. The highest BCUT2D eigenvalue weighted by molar-refractivity contribution is 6.35. The molecule has 0 aliphatic carbocycles. The Morgan fingerprint density at radius 1 is 1.18 bits per heavy atom. The number of rotatable bonds is 1. The standard InChI is InChI=1S/C18H15N3O/c1-21-10-11(13-4-2-3-5-17(13)21)8-15-14-9-12(19)6-7-16(14)20-18(15)22/h2-10H,19H2,1H3,(H,20,22). The molecule has 3 N–H and O–H groups in total. The lowest BCUT2D eigenvalue weighted by atomic mass is 10.0. The van der Waals surface area contributed by atoms with E-state index in [1.54, 1.807) is 6.07 Å². The Bertz CT molecular complexity index is 950. The van der Waals surface area contributed by atoms with Crippen molar-refractivity contribution in [2.75, 3.05) is 11.1 Å². The van der Waals surface area contributed by atoms with E-state index in [0.29, 0.717) is 11.3 Å². The van der Waals surface area contributed by atoms with Crippen LogP contribution in [0, 0.1) is 0 Å². The van der Waals surface area contributed by atoms with Crippen molar-refractivity contribution in [3.8, 4) is 0 Å². The van der Waals surface area contributed by atoms with Gasteiger partial charge >= 0.3 is 0 Å². The van der Waals surface area contributed by atoms with Gasteiger partial charge in [-0.2, -0.15) is 0 Å². The zero-order chi connectivity index (χ0) is 15.3. The molecule has 22 heavy (non-hydrogen) atoms. The van der Waals surface area contributed by atoms with Crippen molar-refractivity contribution < 1.29 is 4.79 Å². The minimum atomic E-state index is -0.0893. The first-order valence-corrected chi connectivity index (χ1v) is 7.10. The Hall–Kier alpha value is -3.01. The van der Waals surface area contributed by atoms with Gasteiger partial charge < -0.3 is 15.6 Å². The third-order valence-corrected chi connectivity index (χ3v) is 4.05. The first-order valence-electron chi connectivity index (χ1n) is 7.10. The number of benzene rings is 2. The van der Waals surface area contributed by atoms with Crippen molar-refractivity contribution in [3.05, 3.63) is 59.8 Å². The van der Waals surface area contributed by atoms with Crippen LogP contribution in [-0.4, -0.2) is 10.5 Å². The molecule has 1 amide bonds. The average Bonchev–Trinajstić information content (AvgIpc) is 2.99. The number of nitrogen functional groups attached to an aromatic ring is 1. The van der Waals surface area contributed by atoms with Gasteiger partial charge in [0.05, 0.1) is 0 Å². The number of carbonyl (C=O) groups is 1. The molecule has 3 aromatic rings. The summed E-state index contributed by atoms with van der Waals surface area (Å²) in [5.41, 5.74) is 11.0. The molecular weight excluding hydrogens is 274 g/mol. The lowest BCUT2D eigenvalue weighted by molar-refractivity contribution is -0.110. The van der Waals surface area contributed by atoms with Crippen LogP contribution < -0.4 is 11.1 Å². The average molecular weight is 289 g/mol. The van der Waals surface area contributed by atoms with Crippen LogP contribution in [0.15, 0.2) is 48.7 Å². The van der Waals surface area contributed by atoms with Gasteiger partial charge in [0.2, 0.25) is 0 Å². The largest absolute Gasteiger partial charge is 0.399 e. The molecule has 4 rings (SSSR count). The third-order valence-electron chi connectivity index (χ3n) is 4.05. The summed E-state index contributed by atoms with van der Waals surface area (Å²) in [5, 5.41) is 4.01. The number of carbonyl (C=O) groups excluding carboxylic acids is 1. The van der Waals surface area contributed by atoms with Crippen LogP contribution in [0.3, 0.4) is 0 Å². The number of aryl methyl sites for hydroxylation is 1. The van der Waals surface area contributed by atoms with Crippen molar-refractivity contribution in [1.82, 2.24) is 4.57 Å².